The molecule has 0 radical (unpaired) electrons. The highest BCUT2D eigenvalue weighted by Gasteiger charge is 2.14. The van der Waals surface area contributed by atoms with Crippen LogP contribution >= 0.6 is 0 Å². The van der Waals surface area contributed by atoms with Crippen molar-refractivity contribution in [3.05, 3.63) is 35.4 Å². The van der Waals surface area contributed by atoms with Gasteiger partial charge < -0.3 is 5.11 Å². The highest BCUT2D eigenvalue weighted by molar-refractivity contribution is 5.24. The molecule has 1 rings (SSSR count). The van der Waals surface area contributed by atoms with E-state index in [-0.39, 0.29) is 6.10 Å². The Morgan fingerprint density at radius 2 is 1.71 bits per heavy atom. The Morgan fingerprint density at radius 1 is 1.12 bits per heavy atom. The lowest BCUT2D eigenvalue weighted by atomic mass is 9.88. The summed E-state index contributed by atoms with van der Waals surface area (Å²) in [6.45, 7) is 8.82. The molecule has 0 saturated heterocycles. The van der Waals surface area contributed by atoms with Crippen LogP contribution in [0.15, 0.2) is 24.3 Å². The summed E-state index contributed by atoms with van der Waals surface area (Å²) >= 11 is 0. The second-order valence-electron chi connectivity index (χ2n) is 6.11. The van der Waals surface area contributed by atoms with E-state index < -0.39 is 0 Å². The summed E-state index contributed by atoms with van der Waals surface area (Å²) in [5.74, 6) is 0. The monoisotopic (exact) mass is 234 g/mol. The Labute approximate surface area is 106 Å². The van der Waals surface area contributed by atoms with Crippen molar-refractivity contribution in [3.8, 4) is 0 Å². The molecule has 0 bridgehead atoms. The fourth-order valence-electron chi connectivity index (χ4n) is 1.93. The Hall–Kier alpha value is -0.820. The summed E-state index contributed by atoms with van der Waals surface area (Å²) in [6, 6.07) is 8.41. The zero-order valence-electron chi connectivity index (χ0n) is 11.7. The maximum absolute atomic E-state index is 10.1. The van der Waals surface area contributed by atoms with Crippen LogP contribution in [-0.4, -0.2) is 5.11 Å². The van der Waals surface area contributed by atoms with Crippen molar-refractivity contribution in [2.45, 2.75) is 59.5 Å². The molecule has 1 N–H and O–H groups in total. The Morgan fingerprint density at radius 3 is 2.18 bits per heavy atom. The molecule has 0 heterocycles. The van der Waals surface area contributed by atoms with Crippen LogP contribution in [0.5, 0.6) is 0 Å². The second kappa shape index (κ2) is 6.20. The zero-order valence-corrected chi connectivity index (χ0v) is 11.7. The van der Waals surface area contributed by atoms with Crippen LogP contribution in [0, 0.1) is 5.41 Å². The van der Waals surface area contributed by atoms with Crippen molar-refractivity contribution in [2.24, 2.45) is 5.41 Å². The first-order valence-electron chi connectivity index (χ1n) is 6.69. The third kappa shape index (κ3) is 5.36. The van der Waals surface area contributed by atoms with Gasteiger partial charge in [0, 0.05) is 0 Å². The minimum absolute atomic E-state index is 0.295. The molecule has 1 aromatic rings. The summed E-state index contributed by atoms with van der Waals surface area (Å²) in [5, 5.41) is 10.1. The maximum Gasteiger partial charge on any atom is 0.0790 e. The van der Waals surface area contributed by atoms with E-state index in [9.17, 15) is 5.11 Å². The van der Waals surface area contributed by atoms with Crippen LogP contribution in [0.2, 0.25) is 0 Å². The summed E-state index contributed by atoms with van der Waals surface area (Å²) < 4.78 is 0. The molecule has 0 aliphatic carbocycles. The third-order valence-electron chi connectivity index (χ3n) is 3.07. The summed E-state index contributed by atoms with van der Waals surface area (Å²) in [7, 11) is 0. The van der Waals surface area contributed by atoms with Crippen LogP contribution in [0.1, 0.15) is 64.2 Å². The molecule has 1 heteroatoms. The molecule has 17 heavy (non-hydrogen) atoms. The third-order valence-corrected chi connectivity index (χ3v) is 3.07. The number of aliphatic hydroxyl groups excluding tert-OH is 1. The lowest BCUT2D eigenvalue weighted by molar-refractivity contribution is 0.147. The van der Waals surface area contributed by atoms with E-state index in [4.69, 9.17) is 0 Å². The normalized spacial score (nSPS) is 13.7. The average Bonchev–Trinajstić information content (AvgIpc) is 2.26. The zero-order chi connectivity index (χ0) is 12.9. The molecule has 0 aromatic heterocycles. The number of aliphatic hydroxyl groups is 1. The predicted molar refractivity (Wildman–Crippen MR) is 74.1 cm³/mol. The number of rotatable bonds is 5. The van der Waals surface area contributed by atoms with E-state index in [2.05, 4.69) is 52.0 Å². The van der Waals surface area contributed by atoms with E-state index >= 15 is 0 Å². The molecule has 0 spiro atoms. The van der Waals surface area contributed by atoms with Crippen molar-refractivity contribution >= 4 is 0 Å². The van der Waals surface area contributed by atoms with Crippen LogP contribution in [0.25, 0.3) is 0 Å². The first-order valence-corrected chi connectivity index (χ1v) is 6.69. The summed E-state index contributed by atoms with van der Waals surface area (Å²) in [4.78, 5) is 0. The van der Waals surface area contributed by atoms with Gasteiger partial charge in [0.05, 0.1) is 6.10 Å². The second-order valence-corrected chi connectivity index (χ2v) is 6.11. The fraction of sp³-hybridized carbons (Fsp3) is 0.625. The lowest BCUT2D eigenvalue weighted by Crippen LogP contribution is -2.08. The number of hydrogen-bond donors (Lipinski definition) is 1. The maximum atomic E-state index is 10.1. The van der Waals surface area contributed by atoms with Gasteiger partial charge >= 0.3 is 0 Å². The van der Waals surface area contributed by atoms with E-state index in [0.717, 1.165) is 24.8 Å². The van der Waals surface area contributed by atoms with Gasteiger partial charge in [-0.3, -0.25) is 0 Å². The largest absolute Gasteiger partial charge is 0.388 e. The SMILES string of the molecule is CCCc1ccc(C(O)CCC(C)(C)C)cc1. The standard InChI is InChI=1S/C16H26O/c1-5-6-13-7-9-14(10-8-13)15(17)11-12-16(2,3)4/h7-10,15,17H,5-6,11-12H2,1-4H3. The first-order chi connectivity index (χ1) is 7.92. The molecule has 1 unspecified atom stereocenters. The smallest absolute Gasteiger partial charge is 0.0790 e. The van der Waals surface area contributed by atoms with Gasteiger partial charge in [0.2, 0.25) is 0 Å². The van der Waals surface area contributed by atoms with Crippen molar-refractivity contribution < 1.29 is 5.11 Å². The Balaban J connectivity index is 2.54. The first kappa shape index (κ1) is 14.2. The van der Waals surface area contributed by atoms with Gasteiger partial charge in [-0.1, -0.05) is 58.4 Å². The van der Waals surface area contributed by atoms with Crippen LogP contribution in [0.4, 0.5) is 0 Å². The summed E-state index contributed by atoms with van der Waals surface area (Å²) in [5.41, 5.74) is 2.71. The van der Waals surface area contributed by atoms with Gasteiger partial charge in [-0.05, 0) is 35.8 Å². The van der Waals surface area contributed by atoms with Gasteiger partial charge in [0.25, 0.3) is 0 Å². The Bertz CT molecular complexity index is 318. The van der Waals surface area contributed by atoms with Crippen LogP contribution in [-0.2, 0) is 6.42 Å². The minimum Gasteiger partial charge on any atom is -0.388 e. The van der Waals surface area contributed by atoms with Crippen LogP contribution in [0.3, 0.4) is 0 Å². The number of hydrogen-bond acceptors (Lipinski definition) is 1. The average molecular weight is 234 g/mol. The van der Waals surface area contributed by atoms with E-state index in [1.807, 2.05) is 0 Å². The molecule has 1 atom stereocenters. The van der Waals surface area contributed by atoms with Gasteiger partial charge in [0.1, 0.15) is 0 Å². The van der Waals surface area contributed by atoms with Gasteiger partial charge in [-0.25, -0.2) is 0 Å². The molecule has 0 amide bonds. The molecule has 0 saturated carbocycles. The topological polar surface area (TPSA) is 20.2 Å². The summed E-state index contributed by atoms with van der Waals surface area (Å²) in [6.07, 6.45) is 3.87. The molecule has 1 aromatic carbocycles. The van der Waals surface area contributed by atoms with Crippen molar-refractivity contribution in [1.29, 1.82) is 0 Å². The van der Waals surface area contributed by atoms with E-state index in [1.54, 1.807) is 0 Å². The molecule has 0 aliphatic rings. The quantitative estimate of drug-likeness (QED) is 0.795. The predicted octanol–water partition coefficient (Wildman–Crippen LogP) is 4.50. The minimum atomic E-state index is -0.315. The van der Waals surface area contributed by atoms with Crippen molar-refractivity contribution in [3.63, 3.8) is 0 Å². The molecule has 96 valence electrons. The van der Waals surface area contributed by atoms with Crippen LogP contribution < -0.4 is 0 Å². The molecular weight excluding hydrogens is 208 g/mol. The van der Waals surface area contributed by atoms with E-state index in [0.29, 0.717) is 5.41 Å². The van der Waals surface area contributed by atoms with E-state index in [1.165, 1.54) is 12.0 Å². The van der Waals surface area contributed by atoms with Gasteiger partial charge in [-0.15, -0.1) is 0 Å². The van der Waals surface area contributed by atoms with Crippen molar-refractivity contribution in [1.82, 2.24) is 0 Å². The van der Waals surface area contributed by atoms with Crippen molar-refractivity contribution in [2.75, 3.05) is 0 Å². The molecule has 0 aliphatic heterocycles. The molecular formula is C16H26O. The molecule has 1 nitrogen and oxygen atoms in total. The molecule has 0 fully saturated rings. The lowest BCUT2D eigenvalue weighted by Gasteiger charge is -2.20. The Kier molecular flexibility index (Phi) is 5.20. The number of benzene rings is 1. The highest BCUT2D eigenvalue weighted by atomic mass is 16.3. The fourth-order valence-corrected chi connectivity index (χ4v) is 1.93. The van der Waals surface area contributed by atoms with Gasteiger partial charge in [-0.2, -0.15) is 0 Å². The number of aryl methyl sites for hydroxylation is 1. The van der Waals surface area contributed by atoms with Gasteiger partial charge in [0.15, 0.2) is 0 Å². The highest BCUT2D eigenvalue weighted by Crippen LogP contribution is 2.27.